The fraction of sp³-hybridized carbons (Fsp3) is 0.500. The normalized spacial score (nSPS) is 34.1. The predicted octanol–water partition coefficient (Wildman–Crippen LogP) is -1.62. The van der Waals surface area contributed by atoms with Gasteiger partial charge in [0, 0.05) is 0 Å². The van der Waals surface area contributed by atoms with Crippen molar-refractivity contribution >= 4 is 30.9 Å². The van der Waals surface area contributed by atoms with E-state index in [1.807, 2.05) is 0 Å². The summed E-state index contributed by atoms with van der Waals surface area (Å²) < 4.78 is 27.2. The molecule has 0 aliphatic carbocycles. The maximum atomic E-state index is 11.9. The minimum absolute atomic E-state index is 0.297. The van der Waals surface area contributed by atoms with Crippen LogP contribution in [-0.4, -0.2) is 59.4 Å². The van der Waals surface area contributed by atoms with Crippen LogP contribution in [0.3, 0.4) is 0 Å². The van der Waals surface area contributed by atoms with E-state index in [2.05, 4.69) is 19.5 Å². The largest absolute Gasteiger partial charge is 0.472 e. The number of H-pyrrole nitrogens is 1. The van der Waals surface area contributed by atoms with Gasteiger partial charge in [-0.3, -0.25) is 18.8 Å². The molecule has 2 aliphatic heterocycles. The standard InChI is InChI=1S/C10H11N6O9P/c11-9-13-6-3(7(18)14-9)12-10(16(19)20)15(6)8-4(17)5-2(24-8)1-23-26(21,22)25-5/h2,4-5,8,17H,1H2,(H,21,22)(H3,11,13,14,18)/t2-,4?,5?,8?/m1/s1. The van der Waals surface area contributed by atoms with Gasteiger partial charge >= 0.3 is 13.8 Å². The molecule has 4 heterocycles. The highest BCUT2D eigenvalue weighted by atomic mass is 31.2. The molecule has 26 heavy (non-hydrogen) atoms. The second kappa shape index (κ2) is 5.54. The Bertz CT molecular complexity index is 1020. The van der Waals surface area contributed by atoms with Crippen LogP contribution in [0, 0.1) is 10.1 Å². The van der Waals surface area contributed by atoms with Crippen LogP contribution in [0.15, 0.2) is 4.79 Å². The highest BCUT2D eigenvalue weighted by Crippen LogP contribution is 2.52. The van der Waals surface area contributed by atoms with Gasteiger partial charge in [-0.25, -0.2) is 4.57 Å². The molecule has 0 amide bonds. The van der Waals surface area contributed by atoms with Gasteiger partial charge < -0.3 is 30.6 Å². The summed E-state index contributed by atoms with van der Waals surface area (Å²) in [7, 11) is -4.38. The molecule has 4 rings (SSSR count). The van der Waals surface area contributed by atoms with Gasteiger partial charge in [0.05, 0.1) is 6.61 Å². The van der Waals surface area contributed by atoms with Crippen molar-refractivity contribution < 1.29 is 33.3 Å². The van der Waals surface area contributed by atoms with E-state index in [0.717, 1.165) is 4.57 Å². The molecule has 2 saturated heterocycles. The molecule has 5 N–H and O–H groups in total. The van der Waals surface area contributed by atoms with Crippen molar-refractivity contribution in [1.82, 2.24) is 19.5 Å². The van der Waals surface area contributed by atoms with Crippen LogP contribution in [0.4, 0.5) is 11.9 Å². The molecular weight excluding hydrogens is 379 g/mol. The van der Waals surface area contributed by atoms with Crippen LogP contribution in [-0.2, 0) is 18.3 Å². The number of imidazole rings is 1. The Labute approximate surface area is 142 Å². The number of fused-ring (bicyclic) bond motifs is 2. The van der Waals surface area contributed by atoms with E-state index in [4.69, 9.17) is 15.0 Å². The topological polar surface area (TPSA) is 218 Å². The summed E-state index contributed by atoms with van der Waals surface area (Å²) in [6, 6.07) is 0. The molecule has 0 aromatic carbocycles. The van der Waals surface area contributed by atoms with Gasteiger partial charge in [-0.1, -0.05) is 4.98 Å². The van der Waals surface area contributed by atoms with E-state index in [1.165, 1.54) is 0 Å². The van der Waals surface area contributed by atoms with Crippen molar-refractivity contribution in [1.29, 1.82) is 0 Å². The van der Waals surface area contributed by atoms with Crippen LogP contribution >= 0.6 is 7.82 Å². The van der Waals surface area contributed by atoms with E-state index < -0.39 is 48.8 Å². The summed E-state index contributed by atoms with van der Waals surface area (Å²) in [6.45, 7) is -0.386. The first-order valence-electron chi connectivity index (χ1n) is 7.09. The summed E-state index contributed by atoms with van der Waals surface area (Å²) >= 11 is 0. The summed E-state index contributed by atoms with van der Waals surface area (Å²) in [5.74, 6) is -1.16. The van der Waals surface area contributed by atoms with Crippen LogP contribution in [0.25, 0.3) is 11.2 Å². The maximum absolute atomic E-state index is 11.9. The fourth-order valence-electron chi connectivity index (χ4n) is 2.90. The molecule has 2 fully saturated rings. The van der Waals surface area contributed by atoms with Crippen LogP contribution in [0.2, 0.25) is 0 Å². The van der Waals surface area contributed by atoms with Crippen molar-refractivity contribution in [3.8, 4) is 0 Å². The molecule has 0 radical (unpaired) electrons. The molecule has 0 spiro atoms. The third-order valence-electron chi connectivity index (χ3n) is 3.93. The van der Waals surface area contributed by atoms with E-state index in [1.54, 1.807) is 0 Å². The zero-order valence-electron chi connectivity index (χ0n) is 12.6. The lowest BCUT2D eigenvalue weighted by Gasteiger charge is -2.27. The van der Waals surface area contributed by atoms with Gasteiger partial charge in [-0.15, -0.1) is 0 Å². The molecule has 15 nitrogen and oxygen atoms in total. The monoisotopic (exact) mass is 390 g/mol. The smallest absolute Gasteiger partial charge is 0.390 e. The first-order chi connectivity index (χ1) is 12.2. The van der Waals surface area contributed by atoms with Crippen molar-refractivity contribution in [2.75, 3.05) is 12.3 Å². The van der Waals surface area contributed by atoms with Gasteiger partial charge in [-0.2, -0.15) is 9.55 Å². The molecule has 16 heteroatoms. The number of nitrogens with two attached hydrogens (primary N) is 1. The number of phosphoric acid groups is 1. The van der Waals surface area contributed by atoms with Crippen molar-refractivity contribution in [3.05, 3.63) is 20.5 Å². The molecule has 2 aliphatic rings. The number of aliphatic hydroxyl groups excluding tert-OH is 1. The Kier molecular flexibility index (Phi) is 3.62. The quantitative estimate of drug-likeness (QED) is 0.258. The number of hydrogen-bond donors (Lipinski definition) is 4. The number of aromatic nitrogens is 4. The molecule has 5 atom stereocenters. The second-order valence-electron chi connectivity index (χ2n) is 5.55. The number of nitrogen functional groups attached to an aromatic ring is 1. The van der Waals surface area contributed by atoms with Gasteiger partial charge in [0.25, 0.3) is 11.1 Å². The number of ether oxygens (including phenoxy) is 1. The van der Waals surface area contributed by atoms with Crippen molar-refractivity contribution in [2.45, 2.75) is 24.5 Å². The minimum Gasteiger partial charge on any atom is -0.390 e. The van der Waals surface area contributed by atoms with Crippen molar-refractivity contribution in [2.24, 2.45) is 0 Å². The summed E-state index contributed by atoms with van der Waals surface area (Å²) in [5.41, 5.74) is 3.96. The zero-order valence-corrected chi connectivity index (χ0v) is 13.5. The Morgan fingerprint density at radius 3 is 2.88 bits per heavy atom. The molecule has 0 bridgehead atoms. The number of anilines is 1. The molecule has 2 aromatic rings. The Morgan fingerprint density at radius 1 is 1.46 bits per heavy atom. The van der Waals surface area contributed by atoms with Gasteiger partial charge in [0.1, 0.15) is 18.3 Å². The van der Waals surface area contributed by atoms with E-state index in [9.17, 15) is 29.5 Å². The highest BCUT2D eigenvalue weighted by Gasteiger charge is 2.55. The van der Waals surface area contributed by atoms with Gasteiger partial charge in [0.2, 0.25) is 17.8 Å². The molecule has 140 valence electrons. The van der Waals surface area contributed by atoms with Crippen LogP contribution < -0.4 is 11.3 Å². The van der Waals surface area contributed by atoms with E-state index >= 15 is 0 Å². The SMILES string of the molecule is Nc1nc2c(nc([N+](=O)[O-])n2C2O[C@@H]3COP(=O)(O)OC3C2O)c(=O)[nH]1. The third kappa shape index (κ3) is 2.49. The average Bonchev–Trinajstić information content (AvgIpc) is 3.05. The number of aliphatic hydroxyl groups is 1. The zero-order chi connectivity index (χ0) is 18.8. The van der Waals surface area contributed by atoms with E-state index in [0.29, 0.717) is 0 Å². The van der Waals surface area contributed by atoms with Crippen molar-refractivity contribution in [3.63, 3.8) is 0 Å². The average molecular weight is 390 g/mol. The van der Waals surface area contributed by atoms with Gasteiger partial charge in [0.15, 0.2) is 0 Å². The highest BCUT2D eigenvalue weighted by molar-refractivity contribution is 7.47. The molecular formula is C10H11N6O9P. The Hall–Kier alpha value is -2.42. The lowest BCUT2D eigenvalue weighted by molar-refractivity contribution is -0.398. The Morgan fingerprint density at radius 2 is 2.19 bits per heavy atom. The summed E-state index contributed by atoms with van der Waals surface area (Å²) in [4.78, 5) is 41.3. The number of rotatable bonds is 2. The minimum atomic E-state index is -4.38. The second-order valence-corrected chi connectivity index (χ2v) is 6.96. The lowest BCUT2D eigenvalue weighted by Crippen LogP contribution is -2.39. The van der Waals surface area contributed by atoms with Crippen LogP contribution in [0.1, 0.15) is 6.23 Å². The fourth-order valence-corrected chi connectivity index (χ4v) is 3.87. The predicted molar refractivity (Wildman–Crippen MR) is 79.8 cm³/mol. The van der Waals surface area contributed by atoms with Crippen LogP contribution in [0.5, 0.6) is 0 Å². The number of aromatic amines is 1. The Balaban J connectivity index is 1.86. The summed E-state index contributed by atoms with van der Waals surface area (Å²) in [6.07, 6.45) is -5.37. The maximum Gasteiger partial charge on any atom is 0.472 e. The number of hydrogen-bond acceptors (Lipinski definition) is 11. The molecule has 0 saturated carbocycles. The first-order valence-corrected chi connectivity index (χ1v) is 8.59. The number of nitrogens with one attached hydrogen (secondary N) is 1. The number of phosphoric ester groups is 1. The molecule has 4 unspecified atom stereocenters. The number of nitro groups is 1. The van der Waals surface area contributed by atoms with Gasteiger partial charge in [-0.05, 0) is 4.92 Å². The summed E-state index contributed by atoms with van der Waals surface area (Å²) in [5, 5.41) is 21.8. The van der Waals surface area contributed by atoms with E-state index in [-0.39, 0.29) is 23.7 Å². The third-order valence-corrected chi connectivity index (χ3v) is 4.92. The molecule has 2 aromatic heterocycles. The number of nitrogens with zero attached hydrogens (tertiary/aromatic N) is 4. The first kappa shape index (κ1) is 17.0. The lowest BCUT2D eigenvalue weighted by atomic mass is 10.1.